The summed E-state index contributed by atoms with van der Waals surface area (Å²) in [6.07, 6.45) is 18.6. The molecule has 0 amide bonds. The van der Waals surface area contributed by atoms with Gasteiger partial charge < -0.3 is 39.4 Å². The number of aliphatic hydroxyl groups excluding tert-OH is 4. The first kappa shape index (κ1) is 43.7. The molecule has 47 heavy (non-hydrogen) atoms. The molecule has 1 saturated heterocycles. The van der Waals surface area contributed by atoms with Crippen LogP contribution in [0.15, 0.2) is 0 Å². The summed E-state index contributed by atoms with van der Waals surface area (Å²) in [6, 6.07) is 0. The number of carbonyl (C=O) groups is 2. The highest BCUT2D eigenvalue weighted by Crippen LogP contribution is 2.22. The SMILES string of the molecule is CCCCCCCCCCCCCCCCCCC(=O)OC(COC(=O)CCCCCCCC)COC1OC(CO)C(O)C(O)C1O. The molecule has 0 aromatic rings. The molecule has 0 aromatic carbocycles. The first-order chi connectivity index (χ1) is 22.8. The zero-order valence-electron chi connectivity index (χ0n) is 29.8. The lowest BCUT2D eigenvalue weighted by atomic mass is 9.99. The molecule has 10 heteroatoms. The van der Waals surface area contributed by atoms with Gasteiger partial charge in [0, 0.05) is 12.8 Å². The van der Waals surface area contributed by atoms with Crippen LogP contribution in [0.25, 0.3) is 0 Å². The molecular weight excluding hydrogens is 604 g/mol. The fraction of sp³-hybridized carbons (Fsp3) is 0.946. The molecule has 1 aliphatic heterocycles. The van der Waals surface area contributed by atoms with Gasteiger partial charge in [-0.1, -0.05) is 142 Å². The second kappa shape index (κ2) is 29.6. The molecule has 6 unspecified atom stereocenters. The van der Waals surface area contributed by atoms with E-state index in [2.05, 4.69) is 13.8 Å². The van der Waals surface area contributed by atoms with Crippen LogP contribution in [0, 0.1) is 0 Å². The first-order valence-electron chi connectivity index (χ1n) is 19.1. The number of rotatable bonds is 31. The molecule has 0 bridgehead atoms. The minimum atomic E-state index is -1.59. The molecule has 1 fully saturated rings. The predicted octanol–water partition coefficient (Wildman–Crippen LogP) is 6.66. The zero-order valence-corrected chi connectivity index (χ0v) is 29.8. The molecule has 0 spiro atoms. The van der Waals surface area contributed by atoms with Gasteiger partial charge in [0.2, 0.25) is 0 Å². The van der Waals surface area contributed by atoms with Crippen molar-refractivity contribution in [3.8, 4) is 0 Å². The minimum absolute atomic E-state index is 0.212. The van der Waals surface area contributed by atoms with Crippen LogP contribution >= 0.6 is 0 Å². The van der Waals surface area contributed by atoms with Crippen molar-refractivity contribution in [3.63, 3.8) is 0 Å². The van der Waals surface area contributed by atoms with Crippen LogP contribution in [0.2, 0.25) is 0 Å². The Kier molecular flexibility index (Phi) is 27.5. The van der Waals surface area contributed by atoms with Gasteiger partial charge in [-0.15, -0.1) is 0 Å². The van der Waals surface area contributed by atoms with Gasteiger partial charge in [-0.2, -0.15) is 0 Å². The Balaban J connectivity index is 2.33. The van der Waals surface area contributed by atoms with E-state index in [1.54, 1.807) is 0 Å². The van der Waals surface area contributed by atoms with Gasteiger partial charge in [-0.3, -0.25) is 9.59 Å². The van der Waals surface area contributed by atoms with Crippen LogP contribution in [0.1, 0.15) is 168 Å². The maximum Gasteiger partial charge on any atom is 0.306 e. The van der Waals surface area contributed by atoms with E-state index in [9.17, 15) is 30.0 Å². The molecule has 278 valence electrons. The van der Waals surface area contributed by atoms with Crippen LogP contribution in [0.3, 0.4) is 0 Å². The van der Waals surface area contributed by atoms with Gasteiger partial charge in [0.15, 0.2) is 12.4 Å². The Labute approximate surface area is 285 Å². The molecule has 0 saturated carbocycles. The minimum Gasteiger partial charge on any atom is -0.462 e. The molecule has 0 aliphatic carbocycles. The summed E-state index contributed by atoms with van der Waals surface area (Å²) < 4.78 is 21.9. The Bertz CT molecular complexity index is 749. The number of hydrogen-bond donors (Lipinski definition) is 4. The normalized spacial score (nSPS) is 21.9. The van der Waals surface area contributed by atoms with Crippen LogP contribution in [-0.2, 0) is 28.5 Å². The quantitative estimate of drug-likeness (QED) is 0.0464. The summed E-state index contributed by atoms with van der Waals surface area (Å²) in [6.45, 7) is 3.35. The van der Waals surface area contributed by atoms with E-state index in [1.807, 2.05) is 0 Å². The zero-order chi connectivity index (χ0) is 34.5. The highest BCUT2D eigenvalue weighted by molar-refractivity contribution is 5.70. The molecular formula is C37H70O10. The Hall–Kier alpha value is -1.30. The van der Waals surface area contributed by atoms with Crippen LogP contribution in [0.5, 0.6) is 0 Å². The van der Waals surface area contributed by atoms with E-state index in [-0.39, 0.29) is 32.0 Å². The fourth-order valence-electron chi connectivity index (χ4n) is 5.89. The lowest BCUT2D eigenvalue weighted by Gasteiger charge is -2.39. The van der Waals surface area contributed by atoms with Crippen LogP contribution in [0.4, 0.5) is 0 Å². The van der Waals surface area contributed by atoms with Gasteiger partial charge in [0.1, 0.15) is 31.0 Å². The van der Waals surface area contributed by atoms with Crippen molar-refractivity contribution in [2.45, 2.75) is 205 Å². The summed E-state index contributed by atoms with van der Waals surface area (Å²) in [4.78, 5) is 25.0. The van der Waals surface area contributed by atoms with E-state index >= 15 is 0 Å². The molecule has 0 radical (unpaired) electrons. The number of ether oxygens (including phenoxy) is 4. The topological polar surface area (TPSA) is 152 Å². The largest absolute Gasteiger partial charge is 0.462 e. The molecule has 0 aromatic heterocycles. The second-order valence-corrected chi connectivity index (χ2v) is 13.4. The molecule has 1 heterocycles. The van der Waals surface area contributed by atoms with Gasteiger partial charge >= 0.3 is 11.9 Å². The van der Waals surface area contributed by atoms with Crippen molar-refractivity contribution >= 4 is 11.9 Å². The lowest BCUT2D eigenvalue weighted by molar-refractivity contribution is -0.305. The summed E-state index contributed by atoms with van der Waals surface area (Å²) >= 11 is 0. The number of hydrogen-bond acceptors (Lipinski definition) is 10. The fourth-order valence-corrected chi connectivity index (χ4v) is 5.89. The first-order valence-corrected chi connectivity index (χ1v) is 19.1. The number of carbonyl (C=O) groups excluding carboxylic acids is 2. The van der Waals surface area contributed by atoms with Gasteiger partial charge in [0.05, 0.1) is 13.2 Å². The maximum absolute atomic E-state index is 12.6. The highest BCUT2D eigenvalue weighted by atomic mass is 16.7. The lowest BCUT2D eigenvalue weighted by Crippen LogP contribution is -2.59. The molecule has 1 rings (SSSR count). The van der Waals surface area contributed by atoms with E-state index in [0.717, 1.165) is 51.4 Å². The van der Waals surface area contributed by atoms with Crippen molar-refractivity contribution in [2.24, 2.45) is 0 Å². The number of aliphatic hydroxyl groups is 4. The second-order valence-electron chi connectivity index (χ2n) is 13.4. The standard InChI is InChI=1S/C37H70O10/c1-3-5-7-9-11-12-13-14-15-16-17-18-19-20-22-24-26-33(40)46-30(28-44-32(39)25-23-21-10-8-6-4-2)29-45-37-36(43)35(42)34(41)31(27-38)47-37/h30-31,34-38,41-43H,3-29H2,1-2H3. The Morgan fingerprint density at radius 1 is 0.574 bits per heavy atom. The smallest absolute Gasteiger partial charge is 0.306 e. The molecule has 4 N–H and O–H groups in total. The third-order valence-corrected chi connectivity index (χ3v) is 8.99. The monoisotopic (exact) mass is 674 g/mol. The van der Waals surface area contributed by atoms with Crippen molar-refractivity contribution in [1.29, 1.82) is 0 Å². The molecule has 6 atom stereocenters. The predicted molar refractivity (Wildman–Crippen MR) is 183 cm³/mol. The van der Waals surface area contributed by atoms with Crippen molar-refractivity contribution in [1.82, 2.24) is 0 Å². The Morgan fingerprint density at radius 3 is 1.45 bits per heavy atom. The summed E-state index contributed by atoms with van der Waals surface area (Å²) in [5.74, 6) is -0.808. The van der Waals surface area contributed by atoms with Gasteiger partial charge in [0.25, 0.3) is 0 Å². The average molecular weight is 675 g/mol. The van der Waals surface area contributed by atoms with Crippen LogP contribution in [-0.4, -0.2) is 89.0 Å². The summed E-state index contributed by atoms with van der Waals surface area (Å²) in [5.41, 5.74) is 0. The Morgan fingerprint density at radius 2 is 1.00 bits per heavy atom. The van der Waals surface area contributed by atoms with E-state index in [1.165, 1.54) is 83.5 Å². The summed E-state index contributed by atoms with van der Waals surface area (Å²) in [7, 11) is 0. The van der Waals surface area contributed by atoms with Crippen molar-refractivity contribution in [3.05, 3.63) is 0 Å². The van der Waals surface area contributed by atoms with Gasteiger partial charge in [-0.25, -0.2) is 0 Å². The van der Waals surface area contributed by atoms with Crippen LogP contribution < -0.4 is 0 Å². The van der Waals surface area contributed by atoms with Crippen molar-refractivity contribution in [2.75, 3.05) is 19.8 Å². The van der Waals surface area contributed by atoms with E-state index in [0.29, 0.717) is 6.42 Å². The van der Waals surface area contributed by atoms with E-state index < -0.39 is 49.4 Å². The van der Waals surface area contributed by atoms with E-state index in [4.69, 9.17) is 18.9 Å². The average Bonchev–Trinajstić information content (AvgIpc) is 3.07. The maximum atomic E-state index is 12.6. The molecule has 10 nitrogen and oxygen atoms in total. The third kappa shape index (κ3) is 22.1. The van der Waals surface area contributed by atoms with Gasteiger partial charge in [-0.05, 0) is 12.8 Å². The highest BCUT2D eigenvalue weighted by Gasteiger charge is 2.44. The number of unbranched alkanes of at least 4 members (excludes halogenated alkanes) is 20. The third-order valence-electron chi connectivity index (χ3n) is 8.99. The summed E-state index contributed by atoms with van der Waals surface area (Å²) in [5, 5.41) is 39.8. The number of esters is 2. The molecule has 1 aliphatic rings. The van der Waals surface area contributed by atoms with Crippen molar-refractivity contribution < 1.29 is 49.0 Å².